The van der Waals surface area contributed by atoms with E-state index in [9.17, 15) is 10.1 Å². The molecule has 0 saturated carbocycles. The topological polar surface area (TPSA) is 107 Å². The summed E-state index contributed by atoms with van der Waals surface area (Å²) in [6.45, 7) is 0. The van der Waals surface area contributed by atoms with Gasteiger partial charge in [-0.3, -0.25) is 4.79 Å². The highest BCUT2D eigenvalue weighted by Gasteiger charge is 2.29. The lowest BCUT2D eigenvalue weighted by atomic mass is 10.0. The Kier molecular flexibility index (Phi) is 2.61. The highest BCUT2D eigenvalue weighted by atomic mass is 79.9. The van der Waals surface area contributed by atoms with E-state index in [4.69, 9.17) is 0 Å². The fourth-order valence-electron chi connectivity index (χ4n) is 1.87. The van der Waals surface area contributed by atoms with Crippen molar-refractivity contribution in [2.45, 2.75) is 0 Å². The van der Waals surface area contributed by atoms with Gasteiger partial charge in [-0.15, -0.1) is 10.2 Å². The van der Waals surface area contributed by atoms with E-state index >= 15 is 0 Å². The maximum atomic E-state index is 12.0. The summed E-state index contributed by atoms with van der Waals surface area (Å²) in [6, 6.07) is 7.29. The van der Waals surface area contributed by atoms with E-state index < -0.39 is 0 Å². The number of amides is 1. The first-order chi connectivity index (χ1) is 9.20. The molecular formula is C11H5BrN6O. The van der Waals surface area contributed by atoms with Crippen molar-refractivity contribution in [3.63, 3.8) is 0 Å². The number of fused-ring (bicyclic) bond motifs is 1. The second-order valence-corrected chi connectivity index (χ2v) is 4.66. The molecule has 2 heterocycles. The Labute approximate surface area is 115 Å². The van der Waals surface area contributed by atoms with E-state index in [0.29, 0.717) is 11.3 Å². The molecule has 0 saturated heterocycles. The van der Waals surface area contributed by atoms with Crippen LogP contribution in [-0.2, 0) is 4.79 Å². The number of allylic oxidation sites excluding steroid dienone is 1. The molecule has 1 aromatic carbocycles. The third-order valence-electron chi connectivity index (χ3n) is 2.66. The number of aromatic nitrogens is 4. The highest BCUT2D eigenvalue weighted by molar-refractivity contribution is 9.10. The largest absolute Gasteiger partial charge is 0.321 e. The molecule has 0 bridgehead atoms. The van der Waals surface area contributed by atoms with Crippen molar-refractivity contribution in [1.29, 1.82) is 5.26 Å². The third-order valence-corrected chi connectivity index (χ3v) is 3.15. The molecule has 0 spiro atoms. The average Bonchev–Trinajstić information content (AvgIpc) is 3.00. The Hall–Kier alpha value is -2.53. The second kappa shape index (κ2) is 4.29. The molecule has 2 N–H and O–H groups in total. The first-order valence-corrected chi connectivity index (χ1v) is 5.99. The number of carbonyl (C=O) groups is 1. The van der Waals surface area contributed by atoms with Crippen LogP contribution in [0.4, 0.5) is 5.69 Å². The monoisotopic (exact) mass is 316 g/mol. The zero-order valence-electron chi connectivity index (χ0n) is 9.31. The van der Waals surface area contributed by atoms with Crippen LogP contribution >= 0.6 is 15.9 Å². The van der Waals surface area contributed by atoms with Gasteiger partial charge >= 0.3 is 0 Å². The number of rotatable bonds is 1. The summed E-state index contributed by atoms with van der Waals surface area (Å²) in [5.74, 6) is -0.255. The van der Waals surface area contributed by atoms with Crippen molar-refractivity contribution in [3.8, 4) is 6.07 Å². The van der Waals surface area contributed by atoms with E-state index in [1.165, 1.54) is 0 Å². The van der Waals surface area contributed by atoms with Gasteiger partial charge in [-0.1, -0.05) is 15.9 Å². The van der Waals surface area contributed by atoms with Gasteiger partial charge in [0.25, 0.3) is 5.91 Å². The summed E-state index contributed by atoms with van der Waals surface area (Å²) in [6.07, 6.45) is 0. The highest BCUT2D eigenvalue weighted by Crippen LogP contribution is 2.37. The molecule has 1 amide bonds. The second-order valence-electron chi connectivity index (χ2n) is 3.74. The molecule has 0 atom stereocenters. The number of nitrogens with one attached hydrogen (secondary N) is 2. The number of nitriles is 1. The number of carbonyl (C=O) groups excluding carboxylic acids is 1. The summed E-state index contributed by atoms with van der Waals surface area (Å²) in [7, 11) is 0. The number of anilines is 1. The van der Waals surface area contributed by atoms with E-state index in [0.717, 1.165) is 4.47 Å². The van der Waals surface area contributed by atoms with Crippen LogP contribution in [0, 0.1) is 11.3 Å². The van der Waals surface area contributed by atoms with Gasteiger partial charge in [0.15, 0.2) is 0 Å². The van der Waals surface area contributed by atoms with Crippen LogP contribution < -0.4 is 5.32 Å². The zero-order chi connectivity index (χ0) is 13.4. The van der Waals surface area contributed by atoms with Crippen LogP contribution in [0.1, 0.15) is 11.4 Å². The molecule has 0 fully saturated rings. The van der Waals surface area contributed by atoms with Crippen LogP contribution in [0.5, 0.6) is 0 Å². The summed E-state index contributed by atoms with van der Waals surface area (Å²) in [4.78, 5) is 12.0. The van der Waals surface area contributed by atoms with Gasteiger partial charge in [0, 0.05) is 15.7 Å². The molecule has 3 rings (SSSR count). The van der Waals surface area contributed by atoms with Crippen LogP contribution in [0.25, 0.3) is 11.1 Å². The molecule has 2 aromatic rings. The Morgan fingerprint density at radius 3 is 2.95 bits per heavy atom. The molecule has 7 nitrogen and oxygen atoms in total. The van der Waals surface area contributed by atoms with Crippen molar-refractivity contribution in [2.24, 2.45) is 0 Å². The Balaban J connectivity index is 2.29. The Morgan fingerprint density at radius 2 is 2.26 bits per heavy atom. The predicted molar refractivity (Wildman–Crippen MR) is 69.4 cm³/mol. The molecule has 0 radical (unpaired) electrons. The number of hydrogen-bond donors (Lipinski definition) is 2. The third kappa shape index (κ3) is 1.80. The first-order valence-electron chi connectivity index (χ1n) is 5.20. The number of tetrazole rings is 1. The van der Waals surface area contributed by atoms with Gasteiger partial charge in [0.2, 0.25) is 5.82 Å². The van der Waals surface area contributed by atoms with Crippen LogP contribution in [0.2, 0.25) is 0 Å². The van der Waals surface area contributed by atoms with Gasteiger partial charge in [-0.05, 0) is 23.4 Å². The molecule has 0 unspecified atom stereocenters. The van der Waals surface area contributed by atoms with Crippen molar-refractivity contribution in [2.75, 3.05) is 5.32 Å². The lowest BCUT2D eigenvalue weighted by Crippen LogP contribution is -2.06. The van der Waals surface area contributed by atoms with E-state index in [1.54, 1.807) is 12.1 Å². The van der Waals surface area contributed by atoms with Crippen molar-refractivity contribution in [3.05, 3.63) is 34.1 Å². The maximum absolute atomic E-state index is 12.0. The smallest absolute Gasteiger partial charge is 0.257 e. The predicted octanol–water partition coefficient (Wildman–Crippen LogP) is 1.35. The Morgan fingerprint density at radius 1 is 1.42 bits per heavy atom. The summed E-state index contributed by atoms with van der Waals surface area (Å²) >= 11 is 3.34. The number of benzene rings is 1. The van der Waals surface area contributed by atoms with Gasteiger partial charge < -0.3 is 5.32 Å². The maximum Gasteiger partial charge on any atom is 0.257 e. The summed E-state index contributed by atoms with van der Waals surface area (Å²) in [5.41, 5.74) is 1.63. The minimum atomic E-state index is -0.352. The SMILES string of the molecule is N#C/C(=C1\C(=O)Nc2ccc(Br)cc21)c1nn[nH]n1. The van der Waals surface area contributed by atoms with Crippen molar-refractivity contribution in [1.82, 2.24) is 20.6 Å². The van der Waals surface area contributed by atoms with Crippen molar-refractivity contribution >= 4 is 38.7 Å². The summed E-state index contributed by atoms with van der Waals surface area (Å²) in [5, 5.41) is 25.1. The fraction of sp³-hybridized carbons (Fsp3) is 0. The van der Waals surface area contributed by atoms with Crippen LogP contribution in [0.3, 0.4) is 0 Å². The lowest BCUT2D eigenvalue weighted by molar-refractivity contribution is -0.110. The standard InChI is InChI=1S/C11H5BrN6O/c12-5-1-2-8-6(3-5)9(11(19)14-8)7(4-13)10-15-17-18-16-10/h1-3H,(H,14,19)(H,15,16,17,18)/b9-7+. The van der Waals surface area contributed by atoms with Crippen molar-refractivity contribution < 1.29 is 4.79 Å². The van der Waals surface area contributed by atoms with E-state index in [1.807, 2.05) is 12.1 Å². The number of halogens is 1. The zero-order valence-corrected chi connectivity index (χ0v) is 10.9. The van der Waals surface area contributed by atoms with Crippen LogP contribution in [0.15, 0.2) is 22.7 Å². The molecule has 19 heavy (non-hydrogen) atoms. The number of nitrogens with zero attached hydrogens (tertiary/aromatic N) is 4. The van der Waals surface area contributed by atoms with E-state index in [2.05, 4.69) is 41.9 Å². The fourth-order valence-corrected chi connectivity index (χ4v) is 2.23. The quantitative estimate of drug-likeness (QED) is 0.610. The molecular weight excluding hydrogens is 312 g/mol. The minimum absolute atomic E-state index is 0.0862. The average molecular weight is 317 g/mol. The minimum Gasteiger partial charge on any atom is -0.321 e. The van der Waals surface area contributed by atoms with Gasteiger partial charge in [0.1, 0.15) is 11.6 Å². The molecule has 1 aromatic heterocycles. The lowest BCUT2D eigenvalue weighted by Gasteiger charge is -2.00. The molecule has 1 aliphatic heterocycles. The summed E-state index contributed by atoms with van der Waals surface area (Å²) < 4.78 is 0.811. The molecule has 1 aliphatic rings. The molecule has 8 heteroatoms. The van der Waals surface area contributed by atoms with Gasteiger partial charge in [0.05, 0.1) is 5.57 Å². The number of H-pyrrole nitrogens is 1. The first kappa shape index (κ1) is 11.6. The molecule has 92 valence electrons. The van der Waals surface area contributed by atoms with Crippen LogP contribution in [-0.4, -0.2) is 26.5 Å². The number of hydrogen-bond acceptors (Lipinski definition) is 5. The molecule has 0 aliphatic carbocycles. The Bertz CT molecular complexity index is 743. The number of aromatic amines is 1. The van der Waals surface area contributed by atoms with Gasteiger partial charge in [-0.2, -0.15) is 10.5 Å². The van der Waals surface area contributed by atoms with Gasteiger partial charge in [-0.25, -0.2) is 0 Å². The van der Waals surface area contributed by atoms with E-state index in [-0.39, 0.29) is 22.9 Å². The normalized spacial score (nSPS) is 15.7.